The number of hydrogen-bond donors (Lipinski definition) is 0. The SMILES string of the molecule is CC(C)N(C(=O)c1cc(S(C)(=O)=O)ccc1Cl)c1ccc(S(C)(=O)=O)cc1. The molecule has 0 N–H and O–H groups in total. The average molecular weight is 430 g/mol. The quantitative estimate of drug-likeness (QED) is 0.728. The van der Waals surface area contributed by atoms with Crippen molar-refractivity contribution in [1.82, 2.24) is 0 Å². The number of carbonyl (C=O) groups is 1. The highest BCUT2D eigenvalue weighted by Gasteiger charge is 2.24. The molecule has 0 saturated carbocycles. The molecule has 2 aromatic rings. The van der Waals surface area contributed by atoms with Gasteiger partial charge in [0.15, 0.2) is 19.7 Å². The Morgan fingerprint density at radius 3 is 1.81 bits per heavy atom. The van der Waals surface area contributed by atoms with Crippen molar-refractivity contribution >= 4 is 42.9 Å². The van der Waals surface area contributed by atoms with Crippen LogP contribution in [-0.2, 0) is 19.7 Å². The summed E-state index contributed by atoms with van der Waals surface area (Å²) in [6, 6.07) is 9.58. The van der Waals surface area contributed by atoms with Crippen LogP contribution in [0.3, 0.4) is 0 Å². The summed E-state index contributed by atoms with van der Waals surface area (Å²) in [5.74, 6) is -0.479. The van der Waals surface area contributed by atoms with Crippen molar-refractivity contribution in [3.8, 4) is 0 Å². The van der Waals surface area contributed by atoms with E-state index in [9.17, 15) is 21.6 Å². The van der Waals surface area contributed by atoms with E-state index in [0.29, 0.717) is 5.69 Å². The van der Waals surface area contributed by atoms with Crippen LogP contribution in [0, 0.1) is 0 Å². The molecule has 0 heterocycles. The van der Waals surface area contributed by atoms with Gasteiger partial charge in [-0.2, -0.15) is 0 Å². The highest BCUT2D eigenvalue weighted by molar-refractivity contribution is 7.91. The Balaban J connectivity index is 2.53. The van der Waals surface area contributed by atoms with Gasteiger partial charge in [0.2, 0.25) is 0 Å². The maximum Gasteiger partial charge on any atom is 0.260 e. The first-order valence-electron chi connectivity index (χ1n) is 7.95. The smallest absolute Gasteiger partial charge is 0.260 e. The minimum atomic E-state index is -3.50. The van der Waals surface area contributed by atoms with Gasteiger partial charge in [-0.3, -0.25) is 4.79 Å². The maximum atomic E-state index is 13.1. The number of anilines is 1. The lowest BCUT2D eigenvalue weighted by molar-refractivity contribution is 0.0980. The van der Waals surface area contributed by atoms with Gasteiger partial charge in [-0.15, -0.1) is 0 Å². The molecule has 0 aliphatic carbocycles. The van der Waals surface area contributed by atoms with Crippen LogP contribution in [0.25, 0.3) is 0 Å². The van der Waals surface area contributed by atoms with Crippen LogP contribution < -0.4 is 4.90 Å². The molecule has 9 heteroatoms. The lowest BCUT2D eigenvalue weighted by Crippen LogP contribution is -2.37. The first-order valence-corrected chi connectivity index (χ1v) is 12.1. The average Bonchev–Trinajstić information content (AvgIpc) is 2.53. The number of amides is 1. The summed E-state index contributed by atoms with van der Waals surface area (Å²) >= 11 is 6.14. The predicted molar refractivity (Wildman–Crippen MR) is 106 cm³/mol. The van der Waals surface area contributed by atoms with E-state index in [1.165, 1.54) is 47.4 Å². The van der Waals surface area contributed by atoms with E-state index in [2.05, 4.69) is 0 Å². The van der Waals surface area contributed by atoms with E-state index in [1.807, 2.05) is 0 Å². The van der Waals surface area contributed by atoms with E-state index >= 15 is 0 Å². The van der Waals surface area contributed by atoms with Crippen molar-refractivity contribution in [2.24, 2.45) is 0 Å². The molecule has 0 saturated heterocycles. The molecule has 0 aromatic heterocycles. The molecule has 0 spiro atoms. The van der Waals surface area contributed by atoms with Crippen LogP contribution in [0.4, 0.5) is 5.69 Å². The van der Waals surface area contributed by atoms with E-state index in [0.717, 1.165) is 12.5 Å². The summed E-state index contributed by atoms with van der Waals surface area (Å²) in [5.41, 5.74) is 0.531. The van der Waals surface area contributed by atoms with Crippen molar-refractivity contribution in [2.45, 2.75) is 29.7 Å². The highest BCUT2D eigenvalue weighted by Crippen LogP contribution is 2.27. The van der Waals surface area contributed by atoms with Gasteiger partial charge >= 0.3 is 0 Å². The van der Waals surface area contributed by atoms with Crippen LogP contribution >= 0.6 is 11.6 Å². The summed E-state index contributed by atoms with van der Waals surface area (Å²) in [7, 11) is -6.86. The van der Waals surface area contributed by atoms with Gasteiger partial charge in [0.25, 0.3) is 5.91 Å². The molecule has 0 unspecified atom stereocenters. The van der Waals surface area contributed by atoms with Crippen LogP contribution in [0.5, 0.6) is 0 Å². The van der Waals surface area contributed by atoms with E-state index in [1.54, 1.807) is 13.8 Å². The highest BCUT2D eigenvalue weighted by atomic mass is 35.5. The Labute approximate surface area is 164 Å². The zero-order valence-corrected chi connectivity index (χ0v) is 17.7. The molecule has 0 aliphatic rings. The number of halogens is 1. The van der Waals surface area contributed by atoms with Gasteiger partial charge in [-0.05, 0) is 56.3 Å². The summed E-state index contributed by atoms with van der Waals surface area (Å²) in [6.45, 7) is 3.58. The molecule has 0 radical (unpaired) electrons. The molecule has 0 aliphatic heterocycles. The van der Waals surface area contributed by atoms with Crippen LogP contribution in [-0.4, -0.2) is 41.3 Å². The fraction of sp³-hybridized carbons (Fsp3) is 0.278. The minimum Gasteiger partial charge on any atom is -0.306 e. The zero-order chi connectivity index (χ0) is 20.6. The number of hydrogen-bond acceptors (Lipinski definition) is 5. The third-order valence-electron chi connectivity index (χ3n) is 3.87. The third kappa shape index (κ3) is 4.88. The third-order valence-corrected chi connectivity index (χ3v) is 6.44. The Hall–Kier alpha value is -1.90. The van der Waals surface area contributed by atoms with Crippen LogP contribution in [0.15, 0.2) is 52.3 Å². The monoisotopic (exact) mass is 429 g/mol. The number of nitrogens with zero attached hydrogens (tertiary/aromatic N) is 1. The second-order valence-corrected chi connectivity index (χ2v) is 10.9. The van der Waals surface area contributed by atoms with Gasteiger partial charge in [-0.25, -0.2) is 16.8 Å². The Morgan fingerprint density at radius 1 is 0.889 bits per heavy atom. The molecule has 146 valence electrons. The Kier molecular flexibility index (Phi) is 6.03. The number of carbonyl (C=O) groups excluding carboxylic acids is 1. The normalized spacial score (nSPS) is 12.2. The van der Waals surface area contributed by atoms with Crippen LogP contribution in [0.1, 0.15) is 24.2 Å². The second-order valence-electron chi connectivity index (χ2n) is 6.45. The standard InChI is InChI=1S/C18H20ClNO5S2/c1-12(2)20(13-5-7-14(8-6-13)26(3,22)23)18(21)16-11-15(27(4,24)25)9-10-17(16)19/h5-12H,1-4H3. The molecule has 6 nitrogen and oxygen atoms in total. The largest absolute Gasteiger partial charge is 0.306 e. The molecule has 0 atom stereocenters. The molecule has 0 bridgehead atoms. The van der Waals surface area contributed by atoms with Crippen molar-refractivity contribution in [2.75, 3.05) is 17.4 Å². The van der Waals surface area contributed by atoms with Crippen molar-refractivity contribution in [1.29, 1.82) is 0 Å². The molecule has 2 rings (SSSR count). The molecular weight excluding hydrogens is 410 g/mol. The van der Waals surface area contributed by atoms with Gasteiger partial charge in [-0.1, -0.05) is 11.6 Å². The first-order chi connectivity index (χ1) is 12.3. The fourth-order valence-corrected chi connectivity index (χ4v) is 4.01. The number of rotatable bonds is 5. The lowest BCUT2D eigenvalue weighted by atomic mass is 10.1. The molecule has 0 fully saturated rings. The van der Waals surface area contributed by atoms with Crippen LogP contribution in [0.2, 0.25) is 5.02 Å². The summed E-state index contributed by atoms with van der Waals surface area (Å²) in [4.78, 5) is 14.7. The van der Waals surface area contributed by atoms with E-state index in [4.69, 9.17) is 11.6 Å². The zero-order valence-electron chi connectivity index (χ0n) is 15.3. The van der Waals surface area contributed by atoms with Gasteiger partial charge < -0.3 is 4.90 Å². The minimum absolute atomic E-state index is 0.00798. The van der Waals surface area contributed by atoms with E-state index in [-0.39, 0.29) is 26.4 Å². The second kappa shape index (κ2) is 7.61. The van der Waals surface area contributed by atoms with Gasteiger partial charge in [0.05, 0.1) is 20.4 Å². The maximum absolute atomic E-state index is 13.1. The van der Waals surface area contributed by atoms with Crippen molar-refractivity contribution in [3.05, 3.63) is 53.1 Å². The molecule has 2 aromatic carbocycles. The topological polar surface area (TPSA) is 88.6 Å². The fourth-order valence-electron chi connectivity index (χ4n) is 2.53. The summed E-state index contributed by atoms with van der Waals surface area (Å²) < 4.78 is 46.8. The van der Waals surface area contributed by atoms with Crippen molar-refractivity contribution < 1.29 is 21.6 Å². The number of sulfone groups is 2. The summed E-state index contributed by atoms with van der Waals surface area (Å²) in [5, 5.41) is 0.130. The van der Waals surface area contributed by atoms with Crippen molar-refractivity contribution in [3.63, 3.8) is 0 Å². The molecule has 27 heavy (non-hydrogen) atoms. The van der Waals surface area contributed by atoms with Gasteiger partial charge in [0.1, 0.15) is 0 Å². The van der Waals surface area contributed by atoms with Gasteiger partial charge in [0, 0.05) is 24.2 Å². The number of benzene rings is 2. The lowest BCUT2D eigenvalue weighted by Gasteiger charge is -2.27. The summed E-state index contributed by atoms with van der Waals surface area (Å²) in [6.07, 6.45) is 2.15. The molecular formula is C18H20ClNO5S2. The predicted octanol–water partition coefficient (Wildman–Crippen LogP) is 3.20. The van der Waals surface area contributed by atoms with E-state index < -0.39 is 25.6 Å². The Morgan fingerprint density at radius 2 is 1.37 bits per heavy atom. The Bertz CT molecular complexity index is 1080. The first kappa shape index (κ1) is 21.4. The molecule has 1 amide bonds.